The van der Waals surface area contributed by atoms with Crippen LogP contribution in [0.3, 0.4) is 0 Å². The summed E-state index contributed by atoms with van der Waals surface area (Å²) in [5, 5.41) is 13.9. The minimum absolute atomic E-state index is 0.0390. The van der Waals surface area contributed by atoms with E-state index in [2.05, 4.69) is 22.3 Å². The quantitative estimate of drug-likeness (QED) is 0.910. The second-order valence-electron chi connectivity index (χ2n) is 5.78. The first-order chi connectivity index (χ1) is 10.7. The summed E-state index contributed by atoms with van der Waals surface area (Å²) in [6.07, 6.45) is -0.626. The van der Waals surface area contributed by atoms with Gasteiger partial charge in [0.2, 0.25) is 0 Å². The van der Waals surface area contributed by atoms with Crippen molar-refractivity contribution in [3.8, 4) is 0 Å². The molecule has 0 amide bonds. The zero-order chi connectivity index (χ0) is 15.4. The summed E-state index contributed by atoms with van der Waals surface area (Å²) in [5.41, 5.74) is 2.03. The highest BCUT2D eigenvalue weighted by atomic mass is 19.1. The SMILES string of the molecule is OC(c1ccc(F)cc1)[C@@H]1CN(Cc2ccccc2)CCN1. The van der Waals surface area contributed by atoms with Crippen LogP contribution in [0.15, 0.2) is 54.6 Å². The predicted octanol–water partition coefficient (Wildman–Crippen LogP) is 2.33. The number of hydrogen-bond donors (Lipinski definition) is 2. The van der Waals surface area contributed by atoms with Gasteiger partial charge in [-0.3, -0.25) is 4.90 Å². The van der Waals surface area contributed by atoms with E-state index in [0.717, 1.165) is 31.7 Å². The second-order valence-corrected chi connectivity index (χ2v) is 5.78. The molecule has 1 unspecified atom stereocenters. The zero-order valence-electron chi connectivity index (χ0n) is 12.5. The molecule has 3 nitrogen and oxygen atoms in total. The minimum atomic E-state index is -0.626. The molecule has 1 heterocycles. The number of nitrogens with zero attached hydrogens (tertiary/aromatic N) is 1. The molecule has 0 aromatic heterocycles. The number of nitrogens with one attached hydrogen (secondary N) is 1. The van der Waals surface area contributed by atoms with Crippen LogP contribution >= 0.6 is 0 Å². The van der Waals surface area contributed by atoms with Gasteiger partial charge < -0.3 is 10.4 Å². The monoisotopic (exact) mass is 300 g/mol. The van der Waals surface area contributed by atoms with Crippen LogP contribution in [0.5, 0.6) is 0 Å². The molecule has 2 atom stereocenters. The van der Waals surface area contributed by atoms with Crippen LogP contribution < -0.4 is 5.32 Å². The maximum Gasteiger partial charge on any atom is 0.123 e. The number of rotatable bonds is 4. The Labute approximate surface area is 130 Å². The Morgan fingerprint density at radius 1 is 1.14 bits per heavy atom. The summed E-state index contributed by atoms with van der Waals surface area (Å²) < 4.78 is 13.0. The molecule has 0 spiro atoms. The van der Waals surface area contributed by atoms with E-state index >= 15 is 0 Å². The van der Waals surface area contributed by atoms with Crippen LogP contribution in [0.2, 0.25) is 0 Å². The predicted molar refractivity (Wildman–Crippen MR) is 84.9 cm³/mol. The molecule has 1 saturated heterocycles. The molecule has 1 aliphatic rings. The Morgan fingerprint density at radius 2 is 1.86 bits per heavy atom. The number of halogens is 1. The van der Waals surface area contributed by atoms with Crippen LogP contribution in [0.1, 0.15) is 17.2 Å². The van der Waals surface area contributed by atoms with E-state index in [1.165, 1.54) is 17.7 Å². The molecule has 0 radical (unpaired) electrons. The van der Waals surface area contributed by atoms with E-state index in [-0.39, 0.29) is 11.9 Å². The van der Waals surface area contributed by atoms with Crippen molar-refractivity contribution in [3.63, 3.8) is 0 Å². The maximum absolute atomic E-state index is 13.0. The average molecular weight is 300 g/mol. The Morgan fingerprint density at radius 3 is 2.59 bits per heavy atom. The maximum atomic E-state index is 13.0. The topological polar surface area (TPSA) is 35.5 Å². The molecule has 116 valence electrons. The summed E-state index contributed by atoms with van der Waals surface area (Å²) in [6, 6.07) is 16.4. The van der Waals surface area contributed by atoms with Gasteiger partial charge in [-0.25, -0.2) is 4.39 Å². The highest BCUT2D eigenvalue weighted by molar-refractivity contribution is 5.20. The molecule has 22 heavy (non-hydrogen) atoms. The molecule has 2 aromatic carbocycles. The average Bonchev–Trinajstić information content (AvgIpc) is 2.56. The van der Waals surface area contributed by atoms with Crippen molar-refractivity contribution in [3.05, 3.63) is 71.5 Å². The van der Waals surface area contributed by atoms with Crippen molar-refractivity contribution in [1.29, 1.82) is 0 Å². The van der Waals surface area contributed by atoms with Gasteiger partial charge in [-0.05, 0) is 23.3 Å². The molecule has 3 rings (SSSR count). The van der Waals surface area contributed by atoms with Gasteiger partial charge in [0, 0.05) is 26.2 Å². The highest BCUT2D eigenvalue weighted by Gasteiger charge is 2.26. The van der Waals surface area contributed by atoms with E-state index in [4.69, 9.17) is 0 Å². The molecular weight excluding hydrogens is 279 g/mol. The Balaban J connectivity index is 1.63. The molecule has 1 aliphatic heterocycles. The van der Waals surface area contributed by atoms with E-state index in [1.807, 2.05) is 18.2 Å². The van der Waals surface area contributed by atoms with Crippen molar-refractivity contribution >= 4 is 0 Å². The van der Waals surface area contributed by atoms with E-state index in [9.17, 15) is 9.50 Å². The lowest BCUT2D eigenvalue weighted by molar-refractivity contribution is 0.0767. The molecule has 0 aliphatic carbocycles. The molecular formula is C18H21FN2O. The molecule has 2 N–H and O–H groups in total. The number of aliphatic hydroxyl groups excluding tert-OH is 1. The first kappa shape index (κ1) is 15.2. The minimum Gasteiger partial charge on any atom is -0.387 e. The van der Waals surface area contributed by atoms with Gasteiger partial charge in [-0.15, -0.1) is 0 Å². The summed E-state index contributed by atoms with van der Waals surface area (Å²) in [6.45, 7) is 3.46. The number of aliphatic hydroxyl groups is 1. The van der Waals surface area contributed by atoms with Crippen molar-refractivity contribution in [2.75, 3.05) is 19.6 Å². The van der Waals surface area contributed by atoms with Crippen molar-refractivity contribution < 1.29 is 9.50 Å². The van der Waals surface area contributed by atoms with Gasteiger partial charge >= 0.3 is 0 Å². The highest BCUT2D eigenvalue weighted by Crippen LogP contribution is 2.20. The van der Waals surface area contributed by atoms with Crippen LogP contribution in [-0.2, 0) is 6.54 Å². The van der Waals surface area contributed by atoms with Gasteiger partial charge in [-0.1, -0.05) is 42.5 Å². The van der Waals surface area contributed by atoms with Crippen LogP contribution in [0.4, 0.5) is 4.39 Å². The lowest BCUT2D eigenvalue weighted by Crippen LogP contribution is -2.52. The number of benzene rings is 2. The molecule has 0 saturated carbocycles. The second kappa shape index (κ2) is 7.01. The first-order valence-corrected chi connectivity index (χ1v) is 7.65. The van der Waals surface area contributed by atoms with E-state index in [1.54, 1.807) is 12.1 Å². The molecule has 4 heteroatoms. The standard InChI is InChI=1S/C18H21FN2O/c19-16-8-6-15(7-9-16)18(22)17-13-21(11-10-20-17)12-14-4-2-1-3-5-14/h1-9,17-18,20,22H,10-13H2/t17-,18?/m0/s1. The van der Waals surface area contributed by atoms with Crippen molar-refractivity contribution in [2.45, 2.75) is 18.7 Å². The third kappa shape index (κ3) is 3.71. The van der Waals surface area contributed by atoms with Gasteiger partial charge in [0.25, 0.3) is 0 Å². The van der Waals surface area contributed by atoms with Gasteiger partial charge in [-0.2, -0.15) is 0 Å². The van der Waals surface area contributed by atoms with Crippen LogP contribution in [0.25, 0.3) is 0 Å². The molecule has 2 aromatic rings. The third-order valence-electron chi connectivity index (χ3n) is 4.13. The Bertz CT molecular complexity index is 588. The normalized spacial score (nSPS) is 20.7. The molecule has 0 bridgehead atoms. The van der Waals surface area contributed by atoms with Gasteiger partial charge in [0.05, 0.1) is 12.1 Å². The Hall–Kier alpha value is -1.75. The summed E-state index contributed by atoms with van der Waals surface area (Å²) in [7, 11) is 0. The first-order valence-electron chi connectivity index (χ1n) is 7.65. The lowest BCUT2D eigenvalue weighted by Gasteiger charge is -2.36. The van der Waals surface area contributed by atoms with Crippen molar-refractivity contribution in [1.82, 2.24) is 10.2 Å². The van der Waals surface area contributed by atoms with E-state index < -0.39 is 6.10 Å². The summed E-state index contributed by atoms with van der Waals surface area (Å²) >= 11 is 0. The lowest BCUT2D eigenvalue weighted by atomic mass is 10.00. The third-order valence-corrected chi connectivity index (χ3v) is 4.13. The fraction of sp³-hybridized carbons (Fsp3) is 0.333. The summed E-state index contributed by atoms with van der Waals surface area (Å²) in [4.78, 5) is 2.34. The summed E-state index contributed by atoms with van der Waals surface area (Å²) in [5.74, 6) is -0.279. The largest absolute Gasteiger partial charge is 0.387 e. The fourth-order valence-corrected chi connectivity index (χ4v) is 2.93. The van der Waals surface area contributed by atoms with Crippen molar-refractivity contribution in [2.24, 2.45) is 0 Å². The zero-order valence-corrected chi connectivity index (χ0v) is 12.5. The smallest absolute Gasteiger partial charge is 0.123 e. The van der Waals surface area contributed by atoms with Crippen LogP contribution in [0, 0.1) is 5.82 Å². The molecule has 1 fully saturated rings. The van der Waals surface area contributed by atoms with Gasteiger partial charge in [0.1, 0.15) is 5.82 Å². The number of hydrogen-bond acceptors (Lipinski definition) is 3. The number of piperazine rings is 1. The van der Waals surface area contributed by atoms with Gasteiger partial charge in [0.15, 0.2) is 0 Å². The Kier molecular flexibility index (Phi) is 4.83. The van der Waals surface area contributed by atoms with E-state index in [0.29, 0.717) is 0 Å². The fourth-order valence-electron chi connectivity index (χ4n) is 2.93. The van der Waals surface area contributed by atoms with Crippen LogP contribution in [-0.4, -0.2) is 35.7 Å².